The lowest BCUT2D eigenvalue weighted by molar-refractivity contribution is 0.182. The van der Waals surface area contributed by atoms with E-state index < -0.39 is 0 Å². The van der Waals surface area contributed by atoms with E-state index in [9.17, 15) is 0 Å². The van der Waals surface area contributed by atoms with Crippen LogP contribution in [0.15, 0.2) is 24.3 Å². The maximum Gasteiger partial charge on any atom is 0.0884 e. The Kier molecular flexibility index (Phi) is 4.56. The lowest BCUT2D eigenvalue weighted by Gasteiger charge is -2.07. The third-order valence-electron chi connectivity index (χ3n) is 2.99. The smallest absolute Gasteiger partial charge is 0.0884 e. The number of rotatable bonds is 5. The summed E-state index contributed by atoms with van der Waals surface area (Å²) in [7, 11) is 1.66. The van der Waals surface area contributed by atoms with Gasteiger partial charge in [0.25, 0.3) is 0 Å². The SMILES string of the molecule is CCCCc1ccc2nc(COC)cc(Cl)c2c1. The Balaban J connectivity index is 2.38. The largest absolute Gasteiger partial charge is 0.378 e. The Morgan fingerprint density at radius 2 is 2.11 bits per heavy atom. The van der Waals surface area contributed by atoms with E-state index in [1.54, 1.807) is 7.11 Å². The van der Waals surface area contributed by atoms with Gasteiger partial charge in [-0.1, -0.05) is 31.0 Å². The summed E-state index contributed by atoms with van der Waals surface area (Å²) in [6.45, 7) is 2.69. The van der Waals surface area contributed by atoms with Crippen molar-refractivity contribution in [3.8, 4) is 0 Å². The predicted molar refractivity (Wildman–Crippen MR) is 76.1 cm³/mol. The molecule has 3 heteroatoms. The zero-order chi connectivity index (χ0) is 13.0. The van der Waals surface area contributed by atoms with Gasteiger partial charge in [0.05, 0.1) is 22.8 Å². The topological polar surface area (TPSA) is 22.1 Å². The molecule has 0 fully saturated rings. The molecule has 0 amide bonds. The molecule has 0 aliphatic rings. The number of fused-ring (bicyclic) bond motifs is 1. The minimum Gasteiger partial charge on any atom is -0.378 e. The van der Waals surface area contributed by atoms with Gasteiger partial charge in [-0.2, -0.15) is 0 Å². The first-order valence-electron chi connectivity index (χ1n) is 6.31. The number of benzene rings is 1. The van der Waals surface area contributed by atoms with Crippen molar-refractivity contribution >= 4 is 22.5 Å². The van der Waals surface area contributed by atoms with Crippen molar-refractivity contribution in [1.82, 2.24) is 4.98 Å². The Morgan fingerprint density at radius 1 is 1.28 bits per heavy atom. The molecule has 96 valence electrons. The first kappa shape index (κ1) is 13.3. The van der Waals surface area contributed by atoms with E-state index in [1.165, 1.54) is 18.4 Å². The summed E-state index contributed by atoms with van der Waals surface area (Å²) in [4.78, 5) is 4.54. The van der Waals surface area contributed by atoms with E-state index in [4.69, 9.17) is 16.3 Å². The maximum atomic E-state index is 6.31. The van der Waals surface area contributed by atoms with Crippen LogP contribution < -0.4 is 0 Å². The number of halogens is 1. The Hall–Kier alpha value is -1.12. The van der Waals surface area contributed by atoms with E-state index in [0.717, 1.165) is 28.0 Å². The molecular formula is C15H18ClNO. The molecule has 0 saturated carbocycles. The summed E-state index contributed by atoms with van der Waals surface area (Å²) in [5.74, 6) is 0. The predicted octanol–water partition coefficient (Wildman–Crippen LogP) is 4.38. The summed E-state index contributed by atoms with van der Waals surface area (Å²) in [5.41, 5.74) is 3.14. The number of hydrogen-bond acceptors (Lipinski definition) is 2. The van der Waals surface area contributed by atoms with Crippen LogP contribution in [0.3, 0.4) is 0 Å². The van der Waals surface area contributed by atoms with Gasteiger partial charge in [-0.05, 0) is 36.6 Å². The molecule has 0 bridgehead atoms. The minimum atomic E-state index is 0.493. The second-order valence-electron chi connectivity index (χ2n) is 4.48. The highest BCUT2D eigenvalue weighted by atomic mass is 35.5. The summed E-state index contributed by atoms with van der Waals surface area (Å²) >= 11 is 6.31. The third-order valence-corrected chi connectivity index (χ3v) is 3.30. The highest BCUT2D eigenvalue weighted by Gasteiger charge is 2.05. The van der Waals surface area contributed by atoms with Crippen molar-refractivity contribution < 1.29 is 4.74 Å². The lowest BCUT2D eigenvalue weighted by Crippen LogP contribution is -1.94. The van der Waals surface area contributed by atoms with E-state index >= 15 is 0 Å². The van der Waals surface area contributed by atoms with Gasteiger partial charge in [0.2, 0.25) is 0 Å². The highest BCUT2D eigenvalue weighted by Crippen LogP contribution is 2.25. The van der Waals surface area contributed by atoms with Gasteiger partial charge < -0.3 is 4.74 Å². The zero-order valence-corrected chi connectivity index (χ0v) is 11.6. The lowest BCUT2D eigenvalue weighted by atomic mass is 10.1. The van der Waals surface area contributed by atoms with Crippen LogP contribution in [0, 0.1) is 0 Å². The number of aryl methyl sites for hydroxylation is 1. The second-order valence-corrected chi connectivity index (χ2v) is 4.89. The van der Waals surface area contributed by atoms with Gasteiger partial charge in [-0.15, -0.1) is 0 Å². The standard InChI is InChI=1S/C15H18ClNO/c1-3-4-5-11-6-7-15-13(8-11)14(16)9-12(17-15)10-18-2/h6-9H,3-5,10H2,1-2H3. The minimum absolute atomic E-state index is 0.493. The molecule has 18 heavy (non-hydrogen) atoms. The van der Waals surface area contributed by atoms with Crippen LogP contribution in [0.5, 0.6) is 0 Å². The Labute approximate surface area is 113 Å². The van der Waals surface area contributed by atoms with Crippen LogP contribution in [-0.2, 0) is 17.8 Å². The second kappa shape index (κ2) is 6.17. The van der Waals surface area contributed by atoms with Crippen molar-refractivity contribution in [2.75, 3.05) is 7.11 Å². The van der Waals surface area contributed by atoms with Gasteiger partial charge in [-0.3, -0.25) is 4.98 Å². The van der Waals surface area contributed by atoms with Crippen LogP contribution >= 0.6 is 11.6 Å². The van der Waals surface area contributed by atoms with E-state index in [1.807, 2.05) is 12.1 Å². The van der Waals surface area contributed by atoms with E-state index in [2.05, 4.69) is 24.0 Å². The monoisotopic (exact) mass is 263 g/mol. The quantitative estimate of drug-likeness (QED) is 0.799. The molecule has 0 N–H and O–H groups in total. The van der Waals surface area contributed by atoms with Gasteiger partial charge in [0.1, 0.15) is 0 Å². The van der Waals surface area contributed by atoms with Crippen molar-refractivity contribution in [1.29, 1.82) is 0 Å². The van der Waals surface area contributed by atoms with Crippen molar-refractivity contribution in [3.05, 3.63) is 40.5 Å². The molecule has 0 aliphatic heterocycles. The number of nitrogens with zero attached hydrogens (tertiary/aromatic N) is 1. The maximum absolute atomic E-state index is 6.31. The first-order valence-corrected chi connectivity index (χ1v) is 6.69. The summed E-state index contributed by atoms with van der Waals surface area (Å²) in [5, 5.41) is 1.79. The fourth-order valence-electron chi connectivity index (χ4n) is 2.04. The number of ether oxygens (including phenoxy) is 1. The molecule has 0 aliphatic carbocycles. The van der Waals surface area contributed by atoms with Gasteiger partial charge in [-0.25, -0.2) is 0 Å². The van der Waals surface area contributed by atoms with Crippen LogP contribution in [-0.4, -0.2) is 12.1 Å². The molecule has 2 aromatic rings. The van der Waals surface area contributed by atoms with Crippen molar-refractivity contribution in [2.24, 2.45) is 0 Å². The number of aromatic nitrogens is 1. The van der Waals surface area contributed by atoms with E-state index in [0.29, 0.717) is 6.61 Å². The molecule has 0 radical (unpaired) electrons. The molecule has 2 nitrogen and oxygen atoms in total. The van der Waals surface area contributed by atoms with Crippen LogP contribution in [0.2, 0.25) is 5.02 Å². The molecule has 0 saturated heterocycles. The molecule has 1 heterocycles. The fraction of sp³-hybridized carbons (Fsp3) is 0.400. The third kappa shape index (κ3) is 3.01. The molecule has 1 aromatic heterocycles. The van der Waals surface area contributed by atoms with Gasteiger partial charge in [0, 0.05) is 12.5 Å². The average molecular weight is 264 g/mol. The molecule has 2 rings (SSSR count). The molecular weight excluding hydrogens is 246 g/mol. The summed E-state index contributed by atoms with van der Waals surface area (Å²) in [6.07, 6.45) is 3.51. The first-order chi connectivity index (χ1) is 8.74. The summed E-state index contributed by atoms with van der Waals surface area (Å²) < 4.78 is 5.09. The molecule has 0 spiro atoms. The number of unbranched alkanes of at least 4 members (excludes halogenated alkanes) is 1. The van der Waals surface area contributed by atoms with Crippen LogP contribution in [0.4, 0.5) is 0 Å². The molecule has 0 unspecified atom stereocenters. The number of hydrogen-bond donors (Lipinski definition) is 0. The molecule has 1 aromatic carbocycles. The highest BCUT2D eigenvalue weighted by molar-refractivity contribution is 6.35. The number of pyridine rings is 1. The van der Waals surface area contributed by atoms with Gasteiger partial charge in [0.15, 0.2) is 0 Å². The Bertz CT molecular complexity index is 539. The van der Waals surface area contributed by atoms with Crippen molar-refractivity contribution in [2.45, 2.75) is 32.8 Å². The zero-order valence-electron chi connectivity index (χ0n) is 10.9. The summed E-state index contributed by atoms with van der Waals surface area (Å²) in [6, 6.07) is 8.22. The van der Waals surface area contributed by atoms with Crippen LogP contribution in [0.1, 0.15) is 31.0 Å². The average Bonchev–Trinajstić information content (AvgIpc) is 2.37. The number of methoxy groups -OCH3 is 1. The molecule has 0 atom stereocenters. The van der Waals surface area contributed by atoms with Crippen LogP contribution in [0.25, 0.3) is 10.9 Å². The van der Waals surface area contributed by atoms with Gasteiger partial charge >= 0.3 is 0 Å². The normalized spacial score (nSPS) is 11.1. The van der Waals surface area contributed by atoms with E-state index in [-0.39, 0.29) is 0 Å². The Morgan fingerprint density at radius 3 is 2.83 bits per heavy atom. The van der Waals surface area contributed by atoms with Crippen molar-refractivity contribution in [3.63, 3.8) is 0 Å². The fourth-order valence-corrected chi connectivity index (χ4v) is 2.32.